The minimum absolute atomic E-state index is 0.268. The fraction of sp³-hybridized carbons (Fsp3) is 0.222. The molecule has 0 saturated carbocycles. The van der Waals surface area contributed by atoms with E-state index in [1.165, 1.54) is 5.56 Å². The molecule has 2 nitrogen and oxygen atoms in total. The summed E-state index contributed by atoms with van der Waals surface area (Å²) in [4.78, 5) is 0. The van der Waals surface area contributed by atoms with Gasteiger partial charge in [0.25, 0.3) is 0 Å². The number of aromatic hydroxyl groups is 1. The van der Waals surface area contributed by atoms with Gasteiger partial charge < -0.3 is 9.84 Å². The lowest BCUT2D eigenvalue weighted by Gasteiger charge is -2.13. The Morgan fingerprint density at radius 3 is 2.45 bits per heavy atom. The molecular weight excluding hydrogens is 248 g/mol. The molecule has 20 heavy (non-hydrogen) atoms. The molecule has 0 aromatic heterocycles. The summed E-state index contributed by atoms with van der Waals surface area (Å²) >= 11 is 0. The molecule has 2 heteroatoms. The number of benzene rings is 2. The van der Waals surface area contributed by atoms with Crippen molar-refractivity contribution in [1.82, 2.24) is 0 Å². The van der Waals surface area contributed by atoms with Crippen molar-refractivity contribution in [1.29, 1.82) is 0 Å². The maximum Gasteiger partial charge on any atom is 0.126 e. The molecule has 0 fully saturated rings. The standard InChI is InChI=1S/C18H20O2/c1-4-6-14-7-9-17(19)15(12-14)16-11-13(5-2)8-10-18(16)20-3/h4,7-12,19H,1,5-6H2,2-3H3. The van der Waals surface area contributed by atoms with Crippen LogP contribution in [0.5, 0.6) is 11.5 Å². The molecule has 0 heterocycles. The summed E-state index contributed by atoms with van der Waals surface area (Å²) in [5, 5.41) is 10.2. The molecular formula is C18H20O2. The largest absolute Gasteiger partial charge is 0.507 e. The van der Waals surface area contributed by atoms with E-state index in [9.17, 15) is 5.11 Å². The Balaban J connectivity index is 2.59. The summed E-state index contributed by atoms with van der Waals surface area (Å²) in [5.74, 6) is 1.04. The molecule has 2 aromatic carbocycles. The molecule has 104 valence electrons. The zero-order chi connectivity index (χ0) is 14.5. The summed E-state index contributed by atoms with van der Waals surface area (Å²) in [5.41, 5.74) is 4.07. The fourth-order valence-corrected chi connectivity index (χ4v) is 2.28. The lowest BCUT2D eigenvalue weighted by atomic mass is 9.97. The SMILES string of the molecule is C=CCc1ccc(O)c(-c2cc(CC)ccc2OC)c1. The first-order valence-electron chi connectivity index (χ1n) is 6.79. The molecule has 0 radical (unpaired) electrons. The van der Waals surface area contributed by atoms with Crippen LogP contribution in [-0.4, -0.2) is 12.2 Å². The van der Waals surface area contributed by atoms with Gasteiger partial charge in [0, 0.05) is 11.1 Å². The number of phenolic OH excluding ortho intramolecular Hbond substituents is 1. The van der Waals surface area contributed by atoms with E-state index in [-0.39, 0.29) is 5.75 Å². The number of methoxy groups -OCH3 is 1. The normalized spacial score (nSPS) is 10.3. The van der Waals surface area contributed by atoms with Gasteiger partial charge in [0.05, 0.1) is 7.11 Å². The van der Waals surface area contributed by atoms with Crippen LogP contribution in [0.15, 0.2) is 49.1 Å². The van der Waals surface area contributed by atoms with E-state index in [0.29, 0.717) is 0 Å². The average Bonchev–Trinajstić information content (AvgIpc) is 2.49. The van der Waals surface area contributed by atoms with Crippen molar-refractivity contribution in [2.75, 3.05) is 7.11 Å². The highest BCUT2D eigenvalue weighted by atomic mass is 16.5. The molecule has 0 aliphatic heterocycles. The molecule has 0 amide bonds. The average molecular weight is 268 g/mol. The predicted molar refractivity (Wildman–Crippen MR) is 83.4 cm³/mol. The Kier molecular flexibility index (Phi) is 4.46. The van der Waals surface area contributed by atoms with Crippen LogP contribution in [0.25, 0.3) is 11.1 Å². The summed E-state index contributed by atoms with van der Waals surface area (Å²) in [6.45, 7) is 5.87. The molecule has 0 spiro atoms. The monoisotopic (exact) mass is 268 g/mol. The first-order chi connectivity index (χ1) is 9.69. The Labute approximate surface area is 120 Å². The molecule has 0 aliphatic rings. The van der Waals surface area contributed by atoms with Gasteiger partial charge in [0.15, 0.2) is 0 Å². The van der Waals surface area contributed by atoms with Crippen molar-refractivity contribution in [3.8, 4) is 22.6 Å². The quantitative estimate of drug-likeness (QED) is 0.816. The van der Waals surface area contributed by atoms with Crippen LogP contribution in [0.1, 0.15) is 18.1 Å². The Morgan fingerprint density at radius 2 is 1.80 bits per heavy atom. The van der Waals surface area contributed by atoms with Crippen molar-refractivity contribution >= 4 is 0 Å². The van der Waals surface area contributed by atoms with Crippen molar-refractivity contribution in [3.63, 3.8) is 0 Å². The van der Waals surface area contributed by atoms with E-state index in [0.717, 1.165) is 35.3 Å². The van der Waals surface area contributed by atoms with E-state index in [2.05, 4.69) is 19.6 Å². The summed E-state index contributed by atoms with van der Waals surface area (Å²) < 4.78 is 5.42. The number of allylic oxidation sites excluding steroid dienone is 1. The summed E-state index contributed by atoms with van der Waals surface area (Å²) in [6.07, 6.45) is 3.59. The van der Waals surface area contributed by atoms with Crippen LogP contribution in [0, 0.1) is 0 Å². The number of hydrogen-bond donors (Lipinski definition) is 1. The van der Waals surface area contributed by atoms with Crippen LogP contribution in [0.2, 0.25) is 0 Å². The van der Waals surface area contributed by atoms with Gasteiger partial charge in [-0.15, -0.1) is 6.58 Å². The van der Waals surface area contributed by atoms with Crippen LogP contribution in [0.4, 0.5) is 0 Å². The van der Waals surface area contributed by atoms with Crippen LogP contribution in [0.3, 0.4) is 0 Å². The Bertz CT molecular complexity index is 615. The third-order valence-electron chi connectivity index (χ3n) is 3.40. The molecule has 0 saturated heterocycles. The van der Waals surface area contributed by atoms with Crippen LogP contribution < -0.4 is 4.74 Å². The van der Waals surface area contributed by atoms with E-state index in [1.54, 1.807) is 13.2 Å². The third-order valence-corrected chi connectivity index (χ3v) is 3.40. The Hall–Kier alpha value is -2.22. The van der Waals surface area contributed by atoms with Gasteiger partial charge in [-0.05, 0) is 48.2 Å². The zero-order valence-electron chi connectivity index (χ0n) is 12.0. The van der Waals surface area contributed by atoms with Gasteiger partial charge in [-0.3, -0.25) is 0 Å². The number of hydrogen-bond acceptors (Lipinski definition) is 2. The minimum atomic E-state index is 0.268. The van der Waals surface area contributed by atoms with Gasteiger partial charge >= 0.3 is 0 Å². The lowest BCUT2D eigenvalue weighted by Crippen LogP contribution is -1.92. The van der Waals surface area contributed by atoms with Gasteiger partial charge in [-0.25, -0.2) is 0 Å². The highest BCUT2D eigenvalue weighted by Crippen LogP contribution is 2.37. The van der Waals surface area contributed by atoms with E-state index >= 15 is 0 Å². The third kappa shape index (κ3) is 2.85. The summed E-state index contributed by atoms with van der Waals surface area (Å²) in [6, 6.07) is 11.7. The van der Waals surface area contributed by atoms with Crippen LogP contribution in [-0.2, 0) is 12.8 Å². The van der Waals surface area contributed by atoms with Crippen molar-refractivity contribution in [2.24, 2.45) is 0 Å². The van der Waals surface area contributed by atoms with Crippen molar-refractivity contribution < 1.29 is 9.84 Å². The van der Waals surface area contributed by atoms with Gasteiger partial charge in [-0.2, -0.15) is 0 Å². The van der Waals surface area contributed by atoms with Gasteiger partial charge in [0.2, 0.25) is 0 Å². The maximum absolute atomic E-state index is 10.2. The number of rotatable bonds is 5. The lowest BCUT2D eigenvalue weighted by molar-refractivity contribution is 0.415. The number of aryl methyl sites for hydroxylation is 1. The second-order valence-electron chi connectivity index (χ2n) is 4.73. The first-order valence-corrected chi connectivity index (χ1v) is 6.79. The van der Waals surface area contributed by atoms with Crippen LogP contribution >= 0.6 is 0 Å². The van der Waals surface area contributed by atoms with E-state index in [1.807, 2.05) is 30.3 Å². The highest BCUT2D eigenvalue weighted by molar-refractivity contribution is 5.76. The summed E-state index contributed by atoms with van der Waals surface area (Å²) in [7, 11) is 1.65. The van der Waals surface area contributed by atoms with Gasteiger partial charge in [0.1, 0.15) is 11.5 Å². The smallest absolute Gasteiger partial charge is 0.126 e. The fourth-order valence-electron chi connectivity index (χ4n) is 2.28. The number of ether oxygens (including phenoxy) is 1. The minimum Gasteiger partial charge on any atom is -0.507 e. The zero-order valence-corrected chi connectivity index (χ0v) is 12.0. The predicted octanol–water partition coefficient (Wildman–Crippen LogP) is 4.36. The molecule has 0 bridgehead atoms. The maximum atomic E-state index is 10.2. The number of phenols is 1. The van der Waals surface area contributed by atoms with Crippen molar-refractivity contribution in [3.05, 3.63) is 60.2 Å². The van der Waals surface area contributed by atoms with E-state index < -0.39 is 0 Å². The second kappa shape index (κ2) is 6.29. The molecule has 0 atom stereocenters. The molecule has 1 N–H and O–H groups in total. The highest BCUT2D eigenvalue weighted by Gasteiger charge is 2.11. The molecule has 2 aromatic rings. The Morgan fingerprint density at radius 1 is 1.10 bits per heavy atom. The van der Waals surface area contributed by atoms with E-state index in [4.69, 9.17) is 4.74 Å². The van der Waals surface area contributed by atoms with Gasteiger partial charge in [-0.1, -0.05) is 25.1 Å². The first kappa shape index (κ1) is 14.2. The second-order valence-corrected chi connectivity index (χ2v) is 4.73. The molecule has 0 unspecified atom stereocenters. The topological polar surface area (TPSA) is 29.5 Å². The molecule has 0 aliphatic carbocycles. The van der Waals surface area contributed by atoms with Crippen molar-refractivity contribution in [2.45, 2.75) is 19.8 Å². The molecule has 2 rings (SSSR count).